The van der Waals surface area contributed by atoms with Crippen molar-refractivity contribution in [2.45, 2.75) is 4.90 Å². The van der Waals surface area contributed by atoms with Crippen LogP contribution in [0.2, 0.25) is 0 Å². The number of amides is 1. The third-order valence-electron chi connectivity index (χ3n) is 2.67. The van der Waals surface area contributed by atoms with Gasteiger partial charge < -0.3 is 5.32 Å². The van der Waals surface area contributed by atoms with Gasteiger partial charge in [-0.2, -0.15) is 9.40 Å². The van der Waals surface area contributed by atoms with Crippen molar-refractivity contribution >= 4 is 37.5 Å². The average molecular weight is 373 g/mol. The van der Waals surface area contributed by atoms with Crippen LogP contribution in [0, 0.1) is 0 Å². The molecule has 0 atom stereocenters. The summed E-state index contributed by atoms with van der Waals surface area (Å²) in [6, 6.07) is 6.21. The van der Waals surface area contributed by atoms with Crippen LogP contribution in [0.25, 0.3) is 0 Å². The van der Waals surface area contributed by atoms with E-state index in [-0.39, 0.29) is 11.4 Å². The number of carbonyl (C=O) groups is 1. The van der Waals surface area contributed by atoms with Crippen LogP contribution in [0.1, 0.15) is 0 Å². The number of halogens is 1. The lowest BCUT2D eigenvalue weighted by Crippen LogP contribution is -2.34. The summed E-state index contributed by atoms with van der Waals surface area (Å²) in [5.41, 5.74) is 0.481. The van der Waals surface area contributed by atoms with E-state index in [0.717, 1.165) is 8.78 Å². The number of nitrogens with one attached hydrogen (secondary N) is 2. The molecule has 2 aromatic rings. The summed E-state index contributed by atoms with van der Waals surface area (Å²) < 4.78 is 26.4. The van der Waals surface area contributed by atoms with E-state index >= 15 is 0 Å². The molecule has 9 heteroatoms. The Hall–Kier alpha value is -1.71. The van der Waals surface area contributed by atoms with Gasteiger partial charge in [0.25, 0.3) is 0 Å². The molecule has 7 nitrogen and oxygen atoms in total. The van der Waals surface area contributed by atoms with Crippen LogP contribution >= 0.6 is 15.9 Å². The van der Waals surface area contributed by atoms with E-state index in [4.69, 9.17) is 0 Å². The SMILES string of the molecule is CN(CC(=O)Nc1cn[nH]c1)S(=O)(=O)c1ccc(Br)cc1. The number of hydrogen-bond acceptors (Lipinski definition) is 4. The third-order valence-corrected chi connectivity index (χ3v) is 5.02. The van der Waals surface area contributed by atoms with Gasteiger partial charge in [-0.15, -0.1) is 0 Å². The Bertz CT molecular complexity index is 713. The zero-order valence-electron chi connectivity index (χ0n) is 11.1. The summed E-state index contributed by atoms with van der Waals surface area (Å²) in [6.45, 7) is -0.288. The quantitative estimate of drug-likeness (QED) is 0.829. The lowest BCUT2D eigenvalue weighted by atomic mass is 10.4. The number of carbonyl (C=O) groups excluding carboxylic acids is 1. The highest BCUT2D eigenvalue weighted by atomic mass is 79.9. The molecule has 0 radical (unpaired) electrons. The van der Waals surface area contributed by atoms with E-state index in [9.17, 15) is 13.2 Å². The fourth-order valence-electron chi connectivity index (χ4n) is 1.59. The summed E-state index contributed by atoms with van der Waals surface area (Å²) >= 11 is 3.24. The van der Waals surface area contributed by atoms with Gasteiger partial charge in [0.15, 0.2) is 0 Å². The first-order valence-electron chi connectivity index (χ1n) is 5.90. The molecule has 1 heterocycles. The van der Waals surface area contributed by atoms with Crippen molar-refractivity contribution in [1.82, 2.24) is 14.5 Å². The van der Waals surface area contributed by atoms with Crippen LogP contribution in [-0.2, 0) is 14.8 Å². The van der Waals surface area contributed by atoms with Gasteiger partial charge in [0, 0.05) is 17.7 Å². The second-order valence-electron chi connectivity index (χ2n) is 4.25. The molecular weight excluding hydrogens is 360 g/mol. The highest BCUT2D eigenvalue weighted by molar-refractivity contribution is 9.10. The zero-order chi connectivity index (χ0) is 15.5. The Morgan fingerprint density at radius 1 is 1.38 bits per heavy atom. The maximum atomic E-state index is 12.3. The van der Waals surface area contributed by atoms with Gasteiger partial charge in [0.2, 0.25) is 15.9 Å². The molecular formula is C12H13BrN4O3S. The fourth-order valence-corrected chi connectivity index (χ4v) is 2.98. The molecule has 112 valence electrons. The summed E-state index contributed by atoms with van der Waals surface area (Å²) in [5, 5.41) is 8.77. The number of anilines is 1. The smallest absolute Gasteiger partial charge is 0.243 e. The normalized spacial score (nSPS) is 11.6. The summed E-state index contributed by atoms with van der Waals surface area (Å²) in [6.07, 6.45) is 2.93. The standard InChI is InChI=1S/C12H13BrN4O3S/c1-17(8-12(18)16-10-6-14-15-7-10)21(19,20)11-4-2-9(13)3-5-11/h2-7H,8H2,1H3,(H,14,15)(H,16,18). The van der Waals surface area contributed by atoms with Crippen molar-refractivity contribution in [2.24, 2.45) is 0 Å². The van der Waals surface area contributed by atoms with E-state index in [0.29, 0.717) is 5.69 Å². The van der Waals surface area contributed by atoms with E-state index in [1.165, 1.54) is 31.6 Å². The van der Waals surface area contributed by atoms with Crippen molar-refractivity contribution in [2.75, 3.05) is 18.9 Å². The Kier molecular flexibility index (Phi) is 4.76. The van der Waals surface area contributed by atoms with Gasteiger partial charge in [0.05, 0.1) is 23.3 Å². The average Bonchev–Trinajstić information content (AvgIpc) is 2.91. The second kappa shape index (κ2) is 6.37. The first kappa shape index (κ1) is 15.7. The van der Waals surface area contributed by atoms with Crippen LogP contribution in [0.5, 0.6) is 0 Å². The predicted octanol–water partition coefficient (Wildman–Crippen LogP) is 1.43. The molecule has 1 aromatic heterocycles. The van der Waals surface area contributed by atoms with Crippen molar-refractivity contribution in [1.29, 1.82) is 0 Å². The molecule has 0 saturated heterocycles. The molecule has 2 rings (SSSR count). The van der Waals surface area contributed by atoms with Gasteiger partial charge in [-0.05, 0) is 24.3 Å². The summed E-state index contributed by atoms with van der Waals surface area (Å²) in [7, 11) is -2.35. The number of H-pyrrole nitrogens is 1. The number of likely N-dealkylation sites (N-methyl/N-ethyl adjacent to an activating group) is 1. The predicted molar refractivity (Wildman–Crippen MR) is 81.2 cm³/mol. The van der Waals surface area contributed by atoms with Gasteiger partial charge in [0.1, 0.15) is 0 Å². The van der Waals surface area contributed by atoms with Crippen LogP contribution in [-0.4, -0.2) is 42.4 Å². The maximum Gasteiger partial charge on any atom is 0.243 e. The minimum absolute atomic E-state index is 0.129. The molecule has 0 bridgehead atoms. The van der Waals surface area contributed by atoms with Gasteiger partial charge >= 0.3 is 0 Å². The van der Waals surface area contributed by atoms with Gasteiger partial charge in [-0.1, -0.05) is 15.9 Å². The molecule has 21 heavy (non-hydrogen) atoms. The molecule has 1 aromatic carbocycles. The van der Waals surface area contributed by atoms with Gasteiger partial charge in [-0.25, -0.2) is 8.42 Å². The first-order chi connectivity index (χ1) is 9.89. The summed E-state index contributed by atoms with van der Waals surface area (Å²) in [5.74, 6) is -0.445. The number of aromatic nitrogens is 2. The van der Waals surface area contributed by atoms with Crippen molar-refractivity contribution in [3.63, 3.8) is 0 Å². The Morgan fingerprint density at radius 3 is 2.62 bits per heavy atom. The number of nitrogens with zero attached hydrogens (tertiary/aromatic N) is 2. The van der Waals surface area contributed by atoms with Gasteiger partial charge in [-0.3, -0.25) is 9.89 Å². The lowest BCUT2D eigenvalue weighted by molar-refractivity contribution is -0.116. The van der Waals surface area contributed by atoms with Crippen molar-refractivity contribution < 1.29 is 13.2 Å². The van der Waals surface area contributed by atoms with Crippen LogP contribution in [0.15, 0.2) is 46.0 Å². The van der Waals surface area contributed by atoms with Crippen molar-refractivity contribution in [3.8, 4) is 0 Å². The van der Waals surface area contributed by atoms with Crippen molar-refractivity contribution in [3.05, 3.63) is 41.1 Å². The molecule has 0 fully saturated rings. The molecule has 0 aliphatic carbocycles. The maximum absolute atomic E-state index is 12.3. The molecule has 0 saturated carbocycles. The number of hydrogen-bond donors (Lipinski definition) is 2. The number of rotatable bonds is 5. The van der Waals surface area contributed by atoms with E-state index in [1.807, 2.05) is 0 Å². The van der Waals surface area contributed by atoms with E-state index < -0.39 is 15.9 Å². The molecule has 0 aliphatic rings. The molecule has 0 spiro atoms. The minimum Gasteiger partial charge on any atom is -0.322 e. The third kappa shape index (κ3) is 3.90. The molecule has 0 aliphatic heterocycles. The Labute approximate surface area is 130 Å². The van der Waals surface area contributed by atoms with Crippen LogP contribution in [0.4, 0.5) is 5.69 Å². The topological polar surface area (TPSA) is 95.2 Å². The highest BCUT2D eigenvalue weighted by Gasteiger charge is 2.22. The monoisotopic (exact) mass is 372 g/mol. The summed E-state index contributed by atoms with van der Waals surface area (Å²) in [4.78, 5) is 11.9. The zero-order valence-corrected chi connectivity index (χ0v) is 13.5. The Morgan fingerprint density at radius 2 is 2.05 bits per heavy atom. The fraction of sp³-hybridized carbons (Fsp3) is 0.167. The number of sulfonamides is 1. The second-order valence-corrected chi connectivity index (χ2v) is 7.21. The molecule has 0 unspecified atom stereocenters. The molecule has 1 amide bonds. The largest absolute Gasteiger partial charge is 0.322 e. The number of aromatic amines is 1. The Balaban J connectivity index is 2.06. The lowest BCUT2D eigenvalue weighted by Gasteiger charge is -2.16. The minimum atomic E-state index is -3.70. The molecule has 2 N–H and O–H groups in total. The highest BCUT2D eigenvalue weighted by Crippen LogP contribution is 2.17. The van der Waals surface area contributed by atoms with Crippen LogP contribution < -0.4 is 5.32 Å². The first-order valence-corrected chi connectivity index (χ1v) is 8.13. The van der Waals surface area contributed by atoms with Crippen LogP contribution in [0.3, 0.4) is 0 Å². The van der Waals surface area contributed by atoms with E-state index in [1.54, 1.807) is 12.1 Å². The number of benzene rings is 1. The van der Waals surface area contributed by atoms with E-state index in [2.05, 4.69) is 31.4 Å².